The standard InChI is InChI=1S/C16H23N3O2/c1-2-12-9-18-7-3-4-13(18)10-19(12)16(20)14-8-15(21-17-14)11-5-6-11/h8,11-13H,2-7,9-10H2,1H3/t12-,13-/m0/s1. The van der Waals surface area contributed by atoms with Gasteiger partial charge in [-0.25, -0.2) is 0 Å². The molecule has 4 rings (SSSR count). The van der Waals surface area contributed by atoms with Gasteiger partial charge in [-0.3, -0.25) is 9.69 Å². The van der Waals surface area contributed by atoms with Gasteiger partial charge in [0.2, 0.25) is 0 Å². The fourth-order valence-corrected chi connectivity index (χ4v) is 3.78. The van der Waals surface area contributed by atoms with Crippen LogP contribution >= 0.6 is 0 Å². The molecule has 1 amide bonds. The van der Waals surface area contributed by atoms with Gasteiger partial charge < -0.3 is 9.42 Å². The maximum Gasteiger partial charge on any atom is 0.276 e. The van der Waals surface area contributed by atoms with Crippen molar-refractivity contribution in [3.05, 3.63) is 17.5 Å². The van der Waals surface area contributed by atoms with E-state index in [0.717, 1.165) is 25.3 Å². The van der Waals surface area contributed by atoms with Crippen molar-refractivity contribution >= 4 is 5.91 Å². The molecule has 114 valence electrons. The lowest BCUT2D eigenvalue weighted by Crippen LogP contribution is -2.57. The summed E-state index contributed by atoms with van der Waals surface area (Å²) >= 11 is 0. The molecule has 3 heterocycles. The number of nitrogens with zero attached hydrogens (tertiary/aromatic N) is 3. The van der Waals surface area contributed by atoms with Gasteiger partial charge in [-0.2, -0.15) is 0 Å². The Morgan fingerprint density at radius 2 is 2.24 bits per heavy atom. The summed E-state index contributed by atoms with van der Waals surface area (Å²) in [5, 5.41) is 4.03. The molecule has 0 bridgehead atoms. The Labute approximate surface area is 125 Å². The zero-order valence-electron chi connectivity index (χ0n) is 12.6. The Hall–Kier alpha value is -1.36. The molecule has 1 aliphatic carbocycles. The lowest BCUT2D eigenvalue weighted by atomic mass is 10.0. The van der Waals surface area contributed by atoms with Gasteiger partial charge in [0.1, 0.15) is 5.76 Å². The van der Waals surface area contributed by atoms with Crippen molar-refractivity contribution in [2.75, 3.05) is 19.6 Å². The summed E-state index contributed by atoms with van der Waals surface area (Å²) < 4.78 is 5.35. The average molecular weight is 289 g/mol. The van der Waals surface area contributed by atoms with E-state index in [4.69, 9.17) is 4.52 Å². The molecule has 0 radical (unpaired) electrons. The largest absolute Gasteiger partial charge is 0.360 e. The molecule has 21 heavy (non-hydrogen) atoms. The number of carbonyl (C=O) groups excluding carboxylic acids is 1. The maximum atomic E-state index is 12.8. The first-order valence-corrected chi connectivity index (χ1v) is 8.28. The number of aromatic nitrogens is 1. The predicted octanol–water partition coefficient (Wildman–Crippen LogP) is 2.25. The van der Waals surface area contributed by atoms with E-state index in [9.17, 15) is 4.79 Å². The van der Waals surface area contributed by atoms with E-state index in [1.54, 1.807) is 0 Å². The molecule has 2 aliphatic heterocycles. The smallest absolute Gasteiger partial charge is 0.276 e. The van der Waals surface area contributed by atoms with Crippen molar-refractivity contribution in [2.24, 2.45) is 0 Å². The molecular formula is C16H23N3O2. The van der Waals surface area contributed by atoms with Crippen molar-refractivity contribution in [3.63, 3.8) is 0 Å². The fraction of sp³-hybridized carbons (Fsp3) is 0.750. The summed E-state index contributed by atoms with van der Waals surface area (Å²) in [7, 11) is 0. The average Bonchev–Trinajstić information content (AvgIpc) is 3.07. The summed E-state index contributed by atoms with van der Waals surface area (Å²) in [4.78, 5) is 17.4. The SMILES string of the molecule is CC[C@H]1CN2CCC[C@H]2CN1C(=O)c1cc(C2CC2)on1. The second kappa shape index (κ2) is 5.13. The summed E-state index contributed by atoms with van der Waals surface area (Å²) in [5.41, 5.74) is 0.502. The van der Waals surface area contributed by atoms with Gasteiger partial charge in [-0.1, -0.05) is 12.1 Å². The number of carbonyl (C=O) groups is 1. The summed E-state index contributed by atoms with van der Waals surface area (Å²) in [5.74, 6) is 1.46. The highest BCUT2D eigenvalue weighted by atomic mass is 16.5. The summed E-state index contributed by atoms with van der Waals surface area (Å²) in [6, 6.07) is 2.73. The van der Waals surface area contributed by atoms with Gasteiger partial charge in [0.15, 0.2) is 5.69 Å². The van der Waals surface area contributed by atoms with E-state index in [0.29, 0.717) is 23.7 Å². The number of amides is 1. The van der Waals surface area contributed by atoms with Crippen molar-refractivity contribution in [2.45, 2.75) is 57.0 Å². The molecule has 2 atom stereocenters. The van der Waals surface area contributed by atoms with Crippen LogP contribution in [0.1, 0.15) is 61.2 Å². The second-order valence-electron chi connectivity index (χ2n) is 6.70. The number of piperazine rings is 1. The fourth-order valence-electron chi connectivity index (χ4n) is 3.78. The molecule has 1 saturated carbocycles. The van der Waals surface area contributed by atoms with Crippen LogP contribution in [-0.2, 0) is 0 Å². The number of hydrogen-bond acceptors (Lipinski definition) is 4. The second-order valence-corrected chi connectivity index (χ2v) is 6.70. The van der Waals surface area contributed by atoms with Gasteiger partial charge in [0.05, 0.1) is 0 Å². The van der Waals surface area contributed by atoms with Gasteiger partial charge in [0, 0.05) is 37.2 Å². The molecule has 0 aromatic carbocycles. The summed E-state index contributed by atoms with van der Waals surface area (Å²) in [6.45, 7) is 5.22. The Balaban J connectivity index is 1.53. The van der Waals surface area contributed by atoms with Crippen molar-refractivity contribution < 1.29 is 9.32 Å². The number of rotatable bonds is 3. The van der Waals surface area contributed by atoms with Crippen LogP contribution in [0.25, 0.3) is 0 Å². The predicted molar refractivity (Wildman–Crippen MR) is 78.2 cm³/mol. The lowest BCUT2D eigenvalue weighted by Gasteiger charge is -2.43. The van der Waals surface area contributed by atoms with Crippen LogP contribution < -0.4 is 0 Å². The van der Waals surface area contributed by atoms with Crippen LogP contribution in [0.3, 0.4) is 0 Å². The molecule has 5 heteroatoms. The number of fused-ring (bicyclic) bond motifs is 1. The van der Waals surface area contributed by atoms with Crippen molar-refractivity contribution in [1.82, 2.24) is 15.0 Å². The van der Waals surface area contributed by atoms with Gasteiger partial charge in [-0.15, -0.1) is 0 Å². The van der Waals surface area contributed by atoms with E-state index in [2.05, 4.69) is 17.0 Å². The third-order valence-corrected chi connectivity index (χ3v) is 5.25. The maximum absolute atomic E-state index is 12.8. The van der Waals surface area contributed by atoms with Gasteiger partial charge >= 0.3 is 0 Å². The third kappa shape index (κ3) is 2.37. The Morgan fingerprint density at radius 1 is 1.38 bits per heavy atom. The Kier molecular flexibility index (Phi) is 3.25. The quantitative estimate of drug-likeness (QED) is 0.856. The van der Waals surface area contributed by atoms with E-state index in [1.165, 1.54) is 32.2 Å². The van der Waals surface area contributed by atoms with E-state index in [-0.39, 0.29) is 5.91 Å². The lowest BCUT2D eigenvalue weighted by molar-refractivity contribution is 0.0337. The minimum absolute atomic E-state index is 0.0593. The molecule has 0 N–H and O–H groups in total. The minimum atomic E-state index is 0.0593. The third-order valence-electron chi connectivity index (χ3n) is 5.25. The van der Waals surface area contributed by atoms with E-state index >= 15 is 0 Å². The zero-order valence-corrected chi connectivity index (χ0v) is 12.6. The molecule has 3 aliphatic rings. The normalized spacial score (nSPS) is 29.7. The van der Waals surface area contributed by atoms with Crippen LogP contribution in [0.4, 0.5) is 0 Å². The van der Waals surface area contributed by atoms with Crippen LogP contribution in [0.15, 0.2) is 10.6 Å². The van der Waals surface area contributed by atoms with Crippen LogP contribution in [0, 0.1) is 0 Å². The van der Waals surface area contributed by atoms with Crippen LogP contribution in [0.5, 0.6) is 0 Å². The van der Waals surface area contributed by atoms with Gasteiger partial charge in [-0.05, 0) is 38.6 Å². The Morgan fingerprint density at radius 3 is 3.00 bits per heavy atom. The molecule has 1 aromatic heterocycles. The topological polar surface area (TPSA) is 49.6 Å². The molecule has 0 unspecified atom stereocenters. The van der Waals surface area contributed by atoms with Crippen molar-refractivity contribution in [3.8, 4) is 0 Å². The highest BCUT2D eigenvalue weighted by Crippen LogP contribution is 2.40. The first-order valence-electron chi connectivity index (χ1n) is 8.28. The van der Waals surface area contributed by atoms with E-state index < -0.39 is 0 Å². The van der Waals surface area contributed by atoms with E-state index in [1.807, 2.05) is 11.0 Å². The van der Waals surface area contributed by atoms with Crippen molar-refractivity contribution in [1.29, 1.82) is 0 Å². The Bertz CT molecular complexity index is 537. The highest BCUT2D eigenvalue weighted by molar-refractivity contribution is 5.92. The summed E-state index contributed by atoms with van der Waals surface area (Å²) in [6.07, 6.45) is 5.82. The monoisotopic (exact) mass is 289 g/mol. The highest BCUT2D eigenvalue weighted by Gasteiger charge is 2.39. The molecular weight excluding hydrogens is 266 g/mol. The molecule has 0 spiro atoms. The zero-order chi connectivity index (χ0) is 14.4. The molecule has 3 fully saturated rings. The van der Waals surface area contributed by atoms with Gasteiger partial charge in [0.25, 0.3) is 5.91 Å². The molecule has 1 aromatic rings. The first-order chi connectivity index (χ1) is 10.3. The first kappa shape index (κ1) is 13.3. The van der Waals surface area contributed by atoms with Crippen LogP contribution in [0.2, 0.25) is 0 Å². The number of hydrogen-bond donors (Lipinski definition) is 0. The minimum Gasteiger partial charge on any atom is -0.360 e. The molecule has 5 nitrogen and oxygen atoms in total. The molecule has 2 saturated heterocycles. The van der Waals surface area contributed by atoms with Crippen LogP contribution in [-0.4, -0.2) is 52.6 Å².